The molecule has 2 heterocycles. The summed E-state index contributed by atoms with van der Waals surface area (Å²) in [6.07, 6.45) is 4.02. The summed E-state index contributed by atoms with van der Waals surface area (Å²) in [5.74, 6) is 0.970. The molecule has 6 heteroatoms. The van der Waals surface area contributed by atoms with Crippen LogP contribution in [0.5, 0.6) is 0 Å². The zero-order valence-corrected chi connectivity index (χ0v) is 14.6. The number of anilines is 2. The molecule has 1 atom stereocenters. The molecule has 1 aliphatic heterocycles. The van der Waals surface area contributed by atoms with E-state index in [4.69, 9.17) is 4.74 Å². The van der Waals surface area contributed by atoms with Crippen molar-refractivity contribution in [1.29, 1.82) is 0 Å². The van der Waals surface area contributed by atoms with Gasteiger partial charge in [-0.25, -0.2) is 0 Å². The first-order chi connectivity index (χ1) is 10.7. The van der Waals surface area contributed by atoms with Crippen LogP contribution in [-0.4, -0.2) is 28.7 Å². The van der Waals surface area contributed by atoms with E-state index in [1.807, 2.05) is 0 Å². The molecule has 0 unspecified atom stereocenters. The van der Waals surface area contributed by atoms with Crippen molar-refractivity contribution in [2.24, 2.45) is 0 Å². The van der Waals surface area contributed by atoms with Crippen LogP contribution in [-0.2, 0) is 4.74 Å². The van der Waals surface area contributed by atoms with Crippen molar-refractivity contribution in [3.8, 4) is 0 Å². The maximum absolute atomic E-state index is 5.75. The maximum atomic E-state index is 5.75. The number of thioether (sulfide) groups is 1. The first kappa shape index (κ1) is 15.8. The molecule has 1 aromatic carbocycles. The van der Waals surface area contributed by atoms with Crippen molar-refractivity contribution < 1.29 is 4.74 Å². The molecule has 3 rings (SSSR count). The van der Waals surface area contributed by atoms with Crippen LogP contribution in [0.25, 0.3) is 0 Å². The Morgan fingerprint density at radius 2 is 2.23 bits per heavy atom. The van der Waals surface area contributed by atoms with Crippen LogP contribution in [0, 0.1) is 13.8 Å². The van der Waals surface area contributed by atoms with Gasteiger partial charge in [0.05, 0.1) is 6.10 Å². The van der Waals surface area contributed by atoms with E-state index in [-0.39, 0.29) is 0 Å². The Hall–Kier alpha value is -1.11. The van der Waals surface area contributed by atoms with Gasteiger partial charge in [0, 0.05) is 18.0 Å². The maximum Gasteiger partial charge on any atom is 0.210 e. The summed E-state index contributed by atoms with van der Waals surface area (Å²) < 4.78 is 6.75. The van der Waals surface area contributed by atoms with Crippen LogP contribution in [0.2, 0.25) is 0 Å². The van der Waals surface area contributed by atoms with E-state index in [0.29, 0.717) is 6.10 Å². The van der Waals surface area contributed by atoms with E-state index < -0.39 is 0 Å². The average Bonchev–Trinajstić information content (AvgIpc) is 2.97. The second-order valence-electron chi connectivity index (χ2n) is 5.62. The van der Waals surface area contributed by atoms with Gasteiger partial charge >= 0.3 is 0 Å². The van der Waals surface area contributed by atoms with Gasteiger partial charge in [-0.15, -0.1) is 10.2 Å². The zero-order chi connectivity index (χ0) is 15.4. The summed E-state index contributed by atoms with van der Waals surface area (Å²) in [4.78, 5) is 0. The van der Waals surface area contributed by atoms with Crippen molar-refractivity contribution in [1.82, 2.24) is 10.2 Å². The SMILES string of the molecule is Cc1ccc(Nc2nnc(SC[C@H]3CCCCO3)s2)c(C)c1. The first-order valence-electron chi connectivity index (χ1n) is 7.63. The minimum Gasteiger partial charge on any atom is -0.377 e. The summed E-state index contributed by atoms with van der Waals surface area (Å²) >= 11 is 3.35. The van der Waals surface area contributed by atoms with Crippen molar-refractivity contribution in [2.45, 2.75) is 43.6 Å². The number of aromatic nitrogens is 2. The molecule has 4 nitrogen and oxygen atoms in total. The van der Waals surface area contributed by atoms with E-state index in [0.717, 1.165) is 27.5 Å². The lowest BCUT2D eigenvalue weighted by Gasteiger charge is -2.21. The fourth-order valence-electron chi connectivity index (χ4n) is 2.49. The van der Waals surface area contributed by atoms with Gasteiger partial charge in [-0.3, -0.25) is 0 Å². The topological polar surface area (TPSA) is 47.0 Å². The Labute approximate surface area is 139 Å². The van der Waals surface area contributed by atoms with Gasteiger partial charge < -0.3 is 10.1 Å². The predicted molar refractivity (Wildman–Crippen MR) is 93.4 cm³/mol. The minimum absolute atomic E-state index is 0.374. The number of hydrogen-bond acceptors (Lipinski definition) is 6. The zero-order valence-electron chi connectivity index (χ0n) is 13.0. The van der Waals surface area contributed by atoms with Crippen molar-refractivity contribution >= 4 is 33.9 Å². The van der Waals surface area contributed by atoms with Crippen LogP contribution in [0.4, 0.5) is 10.8 Å². The number of benzene rings is 1. The van der Waals surface area contributed by atoms with Gasteiger partial charge in [-0.05, 0) is 44.7 Å². The lowest BCUT2D eigenvalue weighted by Crippen LogP contribution is -2.21. The van der Waals surface area contributed by atoms with Gasteiger partial charge in [-0.1, -0.05) is 40.8 Å². The molecule has 22 heavy (non-hydrogen) atoms. The molecule has 1 aliphatic rings. The smallest absolute Gasteiger partial charge is 0.210 e. The summed E-state index contributed by atoms with van der Waals surface area (Å²) in [6, 6.07) is 6.36. The number of rotatable bonds is 5. The molecule has 0 aliphatic carbocycles. The molecule has 1 N–H and O–H groups in total. The molecule has 0 amide bonds. The summed E-state index contributed by atoms with van der Waals surface area (Å²) in [6.45, 7) is 5.11. The molecule has 0 spiro atoms. The van der Waals surface area contributed by atoms with Crippen molar-refractivity contribution in [3.63, 3.8) is 0 Å². The van der Waals surface area contributed by atoms with E-state index in [1.54, 1.807) is 23.1 Å². The molecular formula is C16H21N3OS2. The molecular weight excluding hydrogens is 314 g/mol. The molecule has 1 aromatic heterocycles. The molecule has 2 aromatic rings. The summed E-state index contributed by atoms with van der Waals surface area (Å²) in [7, 11) is 0. The molecule has 1 fully saturated rings. The lowest BCUT2D eigenvalue weighted by atomic mass is 10.1. The number of nitrogens with one attached hydrogen (secondary N) is 1. The van der Waals surface area contributed by atoms with E-state index >= 15 is 0 Å². The highest BCUT2D eigenvalue weighted by molar-refractivity contribution is 8.01. The van der Waals surface area contributed by atoms with E-state index in [1.165, 1.54) is 30.4 Å². The van der Waals surface area contributed by atoms with Crippen LogP contribution in [0.1, 0.15) is 30.4 Å². The summed E-state index contributed by atoms with van der Waals surface area (Å²) in [5, 5.41) is 12.7. The highest BCUT2D eigenvalue weighted by Gasteiger charge is 2.15. The van der Waals surface area contributed by atoms with Gasteiger partial charge in [0.1, 0.15) is 0 Å². The first-order valence-corrected chi connectivity index (χ1v) is 9.43. The average molecular weight is 335 g/mol. The quantitative estimate of drug-likeness (QED) is 0.812. The number of nitrogens with zero attached hydrogens (tertiary/aromatic N) is 2. The predicted octanol–water partition coefficient (Wildman–Crippen LogP) is 4.56. The molecule has 118 valence electrons. The van der Waals surface area contributed by atoms with Gasteiger partial charge in [0.2, 0.25) is 5.13 Å². The monoisotopic (exact) mass is 335 g/mol. The Morgan fingerprint density at radius 3 is 3.00 bits per heavy atom. The number of ether oxygens (including phenoxy) is 1. The van der Waals surface area contributed by atoms with Crippen LogP contribution in [0.15, 0.2) is 22.5 Å². The largest absolute Gasteiger partial charge is 0.377 e. The summed E-state index contributed by atoms with van der Waals surface area (Å²) in [5.41, 5.74) is 3.58. The lowest BCUT2D eigenvalue weighted by molar-refractivity contribution is 0.0315. The Morgan fingerprint density at radius 1 is 1.32 bits per heavy atom. The Bertz CT molecular complexity index is 624. The fourth-order valence-corrected chi connectivity index (χ4v) is 4.35. The van der Waals surface area contributed by atoms with E-state index in [2.05, 4.69) is 47.6 Å². The standard InChI is InChI=1S/C16H21N3OS2/c1-11-6-7-14(12(2)9-11)17-15-18-19-16(22-15)21-10-13-5-3-4-8-20-13/h6-7,9,13H,3-5,8,10H2,1-2H3,(H,17,18)/t13-/m1/s1. The molecule has 0 radical (unpaired) electrons. The molecule has 1 saturated heterocycles. The normalized spacial score (nSPS) is 18.4. The third kappa shape index (κ3) is 4.21. The number of hydrogen-bond donors (Lipinski definition) is 1. The Balaban J connectivity index is 1.56. The van der Waals surface area contributed by atoms with E-state index in [9.17, 15) is 0 Å². The molecule has 0 saturated carbocycles. The molecule has 0 bridgehead atoms. The highest BCUT2D eigenvalue weighted by Crippen LogP contribution is 2.30. The van der Waals surface area contributed by atoms with Gasteiger partial charge in [-0.2, -0.15) is 0 Å². The van der Waals surface area contributed by atoms with Crippen LogP contribution in [0.3, 0.4) is 0 Å². The van der Waals surface area contributed by atoms with Crippen LogP contribution < -0.4 is 5.32 Å². The van der Waals surface area contributed by atoms with Gasteiger partial charge in [0.25, 0.3) is 0 Å². The third-order valence-corrected chi connectivity index (χ3v) is 5.80. The second-order valence-corrected chi connectivity index (χ2v) is 7.86. The van der Waals surface area contributed by atoms with Crippen molar-refractivity contribution in [2.75, 3.05) is 17.7 Å². The van der Waals surface area contributed by atoms with Gasteiger partial charge in [0.15, 0.2) is 4.34 Å². The second kappa shape index (κ2) is 7.44. The number of aryl methyl sites for hydroxylation is 2. The minimum atomic E-state index is 0.374. The van der Waals surface area contributed by atoms with Crippen LogP contribution >= 0.6 is 23.1 Å². The third-order valence-electron chi connectivity index (χ3n) is 3.70. The fraction of sp³-hybridized carbons (Fsp3) is 0.500. The van der Waals surface area contributed by atoms with Crippen molar-refractivity contribution in [3.05, 3.63) is 29.3 Å². The Kier molecular flexibility index (Phi) is 5.33. The highest BCUT2D eigenvalue weighted by atomic mass is 32.2.